The van der Waals surface area contributed by atoms with Gasteiger partial charge in [-0.2, -0.15) is 0 Å². The molecule has 0 aliphatic carbocycles. The number of aromatic nitrogens is 2. The largest absolute Gasteiger partial charge is 0.256 e. The van der Waals surface area contributed by atoms with E-state index < -0.39 is 0 Å². The first-order valence-electron chi connectivity index (χ1n) is 7.72. The molecule has 23 heavy (non-hydrogen) atoms. The minimum atomic E-state index is 1.07. The molecular weight excluding hydrogens is 300 g/mol. The van der Waals surface area contributed by atoms with Crippen LogP contribution in [0.25, 0.3) is 32.9 Å². The summed E-state index contributed by atoms with van der Waals surface area (Å²) in [6.07, 6.45) is 4.03. The molecule has 0 spiro atoms. The van der Waals surface area contributed by atoms with Gasteiger partial charge in [0.05, 0.1) is 16.5 Å². The molecule has 0 radical (unpaired) electrons. The van der Waals surface area contributed by atoms with Gasteiger partial charge in [0.1, 0.15) is 7.05 Å². The van der Waals surface area contributed by atoms with E-state index in [0.29, 0.717) is 0 Å². The summed E-state index contributed by atoms with van der Waals surface area (Å²) in [4.78, 5) is 7.19. The normalized spacial score (nSPS) is 12.6. The molecule has 2 aromatic carbocycles. The number of hydrogen-bond donors (Lipinski definition) is 0. The fourth-order valence-electron chi connectivity index (χ4n) is 3.63. The highest BCUT2D eigenvalue weighted by atomic mass is 32.2. The van der Waals surface area contributed by atoms with E-state index in [0.717, 1.165) is 5.52 Å². The second-order valence-corrected chi connectivity index (χ2v) is 7.13. The molecule has 0 saturated heterocycles. The zero-order valence-electron chi connectivity index (χ0n) is 13.0. The Hall–Kier alpha value is -2.39. The molecule has 0 amide bonds. The summed E-state index contributed by atoms with van der Waals surface area (Å²) in [5.41, 5.74) is 5.05. The lowest BCUT2D eigenvalue weighted by Gasteiger charge is -2.20. The minimum Gasteiger partial charge on any atom is -0.256 e. The Bertz CT molecular complexity index is 1120. The zero-order valence-corrected chi connectivity index (χ0v) is 13.8. The van der Waals surface area contributed by atoms with E-state index in [2.05, 4.69) is 66.1 Å². The number of benzene rings is 2. The maximum atomic E-state index is 4.56. The molecular formula is C20H15N2S+. The molecule has 0 bridgehead atoms. The molecule has 3 heterocycles. The Labute approximate surface area is 138 Å². The molecule has 1 aliphatic heterocycles. The topological polar surface area (TPSA) is 16.8 Å². The minimum absolute atomic E-state index is 1.07. The number of pyridine rings is 2. The van der Waals surface area contributed by atoms with Gasteiger partial charge in [0, 0.05) is 27.4 Å². The van der Waals surface area contributed by atoms with Crippen LogP contribution in [0, 0.1) is 6.92 Å². The van der Waals surface area contributed by atoms with E-state index in [4.69, 9.17) is 0 Å². The Kier molecular flexibility index (Phi) is 2.59. The smallest absolute Gasteiger partial charge is 0.222 e. The Morgan fingerprint density at radius 1 is 1.04 bits per heavy atom. The molecule has 0 N–H and O–H groups in total. The third kappa shape index (κ3) is 1.71. The van der Waals surface area contributed by atoms with Crippen LogP contribution >= 0.6 is 11.8 Å². The van der Waals surface area contributed by atoms with Gasteiger partial charge in [-0.3, -0.25) is 4.98 Å². The van der Waals surface area contributed by atoms with Crippen LogP contribution in [-0.2, 0) is 7.05 Å². The molecule has 2 aromatic heterocycles. The van der Waals surface area contributed by atoms with Gasteiger partial charge in [-0.05, 0) is 36.1 Å². The zero-order chi connectivity index (χ0) is 15.6. The maximum Gasteiger partial charge on any atom is 0.222 e. The highest BCUT2D eigenvalue weighted by molar-refractivity contribution is 7.99. The SMILES string of the molecule is Cc1c2c(cc3ncccc13)Sc1cccc3cc[n+](C)c-2c13. The third-order valence-electron chi connectivity index (χ3n) is 4.71. The Balaban J connectivity index is 2.02. The highest BCUT2D eigenvalue weighted by Crippen LogP contribution is 2.48. The van der Waals surface area contributed by atoms with Gasteiger partial charge in [0.25, 0.3) is 0 Å². The molecule has 2 nitrogen and oxygen atoms in total. The van der Waals surface area contributed by atoms with Crippen molar-refractivity contribution in [3.63, 3.8) is 0 Å². The third-order valence-corrected chi connectivity index (χ3v) is 5.82. The number of fused-ring (bicyclic) bond motifs is 3. The van der Waals surface area contributed by atoms with Crippen LogP contribution in [0.5, 0.6) is 0 Å². The van der Waals surface area contributed by atoms with Crippen LogP contribution in [0.4, 0.5) is 0 Å². The lowest BCUT2D eigenvalue weighted by atomic mass is 9.96. The van der Waals surface area contributed by atoms with Crippen molar-refractivity contribution in [2.24, 2.45) is 7.05 Å². The Morgan fingerprint density at radius 2 is 1.96 bits per heavy atom. The summed E-state index contributed by atoms with van der Waals surface area (Å²) >= 11 is 1.86. The van der Waals surface area contributed by atoms with Gasteiger partial charge in [-0.1, -0.05) is 30.0 Å². The highest BCUT2D eigenvalue weighted by Gasteiger charge is 2.28. The summed E-state index contributed by atoms with van der Waals surface area (Å²) in [6, 6.07) is 15.2. The molecule has 4 aromatic rings. The first kappa shape index (κ1) is 13.1. The van der Waals surface area contributed by atoms with E-state index in [9.17, 15) is 0 Å². The van der Waals surface area contributed by atoms with Crippen molar-refractivity contribution in [2.75, 3.05) is 0 Å². The molecule has 110 valence electrons. The van der Waals surface area contributed by atoms with Gasteiger partial charge in [0.2, 0.25) is 5.69 Å². The fraction of sp³-hybridized carbons (Fsp3) is 0.100. The van der Waals surface area contributed by atoms with Crippen molar-refractivity contribution in [1.29, 1.82) is 0 Å². The quantitative estimate of drug-likeness (QED) is 0.387. The van der Waals surface area contributed by atoms with Gasteiger partial charge in [-0.25, -0.2) is 4.57 Å². The van der Waals surface area contributed by atoms with Gasteiger partial charge in [0.15, 0.2) is 6.20 Å². The molecule has 0 atom stereocenters. The van der Waals surface area contributed by atoms with Crippen molar-refractivity contribution >= 4 is 33.4 Å². The average Bonchev–Trinajstić information content (AvgIpc) is 2.57. The van der Waals surface area contributed by atoms with Crippen molar-refractivity contribution in [3.8, 4) is 11.3 Å². The molecule has 0 fully saturated rings. The van der Waals surface area contributed by atoms with E-state index in [1.165, 1.54) is 42.8 Å². The fourth-order valence-corrected chi connectivity index (χ4v) is 4.85. The molecule has 1 aliphatic rings. The summed E-state index contributed by atoms with van der Waals surface area (Å²) in [6.45, 7) is 2.22. The van der Waals surface area contributed by atoms with Crippen molar-refractivity contribution in [3.05, 3.63) is 60.4 Å². The number of hydrogen-bond acceptors (Lipinski definition) is 2. The molecule has 0 unspecified atom stereocenters. The van der Waals surface area contributed by atoms with E-state index in [1.807, 2.05) is 24.0 Å². The predicted molar refractivity (Wildman–Crippen MR) is 94.7 cm³/mol. The summed E-state index contributed by atoms with van der Waals surface area (Å²) in [5.74, 6) is 0. The maximum absolute atomic E-state index is 4.56. The first-order valence-corrected chi connectivity index (χ1v) is 8.53. The average molecular weight is 315 g/mol. The standard InChI is InChI=1S/C20H15N2S/c1-12-14-6-4-9-21-15(14)11-17-18(12)20-19-13(8-10-22(20)2)5-3-7-16(19)23-17/h3-11H,1-2H3/q+1. The molecule has 0 saturated carbocycles. The number of nitrogens with zero attached hydrogens (tertiary/aromatic N) is 2. The van der Waals surface area contributed by atoms with Crippen LogP contribution in [-0.4, -0.2) is 4.98 Å². The van der Waals surface area contributed by atoms with Crippen LogP contribution in [0.1, 0.15) is 5.56 Å². The monoisotopic (exact) mass is 315 g/mol. The van der Waals surface area contributed by atoms with E-state index in [-0.39, 0.29) is 0 Å². The van der Waals surface area contributed by atoms with Gasteiger partial charge >= 0.3 is 0 Å². The lowest BCUT2D eigenvalue weighted by molar-refractivity contribution is -0.659. The van der Waals surface area contributed by atoms with E-state index >= 15 is 0 Å². The molecule has 5 rings (SSSR count). The van der Waals surface area contributed by atoms with Gasteiger partial charge in [-0.15, -0.1) is 0 Å². The van der Waals surface area contributed by atoms with Crippen LogP contribution in [0.3, 0.4) is 0 Å². The second kappa shape index (κ2) is 4.56. The lowest BCUT2D eigenvalue weighted by Crippen LogP contribution is -2.31. The Morgan fingerprint density at radius 3 is 2.87 bits per heavy atom. The molecule has 3 heteroatoms. The van der Waals surface area contributed by atoms with Crippen LogP contribution in [0.2, 0.25) is 0 Å². The first-order chi connectivity index (χ1) is 11.2. The van der Waals surface area contributed by atoms with Gasteiger partial charge < -0.3 is 0 Å². The number of aryl methyl sites for hydroxylation is 2. The second-order valence-electron chi connectivity index (χ2n) is 6.04. The van der Waals surface area contributed by atoms with Crippen molar-refractivity contribution < 1.29 is 4.57 Å². The van der Waals surface area contributed by atoms with Crippen LogP contribution < -0.4 is 4.57 Å². The van der Waals surface area contributed by atoms with E-state index in [1.54, 1.807) is 0 Å². The summed E-state index contributed by atoms with van der Waals surface area (Å²) in [5, 5.41) is 3.91. The number of rotatable bonds is 0. The van der Waals surface area contributed by atoms with Crippen LogP contribution in [0.15, 0.2) is 64.6 Å². The van der Waals surface area contributed by atoms with Crippen molar-refractivity contribution in [2.45, 2.75) is 16.7 Å². The summed E-state index contributed by atoms with van der Waals surface area (Å²) in [7, 11) is 2.14. The predicted octanol–water partition coefficient (Wildman–Crippen LogP) is 4.65. The van der Waals surface area contributed by atoms with Crippen molar-refractivity contribution in [1.82, 2.24) is 4.98 Å². The summed E-state index contributed by atoms with van der Waals surface area (Å²) < 4.78 is 2.25.